The molecule has 102 valence electrons. The molecule has 0 aromatic carbocycles. The zero-order valence-corrected chi connectivity index (χ0v) is 11.5. The number of ether oxygens (including phenoxy) is 1. The van der Waals surface area contributed by atoms with Crippen LogP contribution in [0.15, 0.2) is 12.4 Å². The molecule has 0 bridgehead atoms. The summed E-state index contributed by atoms with van der Waals surface area (Å²) in [5.74, 6) is 7.34. The van der Waals surface area contributed by atoms with E-state index in [0.717, 1.165) is 25.2 Å². The molecule has 1 aromatic heterocycles. The van der Waals surface area contributed by atoms with Crippen molar-refractivity contribution < 1.29 is 4.74 Å². The molecule has 0 radical (unpaired) electrons. The normalized spacial score (nSPS) is 25.2. The molecule has 1 aromatic rings. The smallest absolute Gasteiger partial charge is 0.0769 e. The van der Waals surface area contributed by atoms with Crippen molar-refractivity contribution in [3.05, 3.63) is 18.0 Å². The SMILES string of the molecule is Cn1cc(C#CC(C2CCOC2)N2CCCC2)cn1. The first-order chi connectivity index (χ1) is 9.33. The molecule has 2 atom stereocenters. The van der Waals surface area contributed by atoms with Crippen LogP contribution in [0.4, 0.5) is 0 Å². The highest BCUT2D eigenvalue weighted by molar-refractivity contribution is 5.31. The van der Waals surface area contributed by atoms with Crippen molar-refractivity contribution in [1.29, 1.82) is 0 Å². The van der Waals surface area contributed by atoms with Crippen LogP contribution >= 0.6 is 0 Å². The average molecular weight is 259 g/mol. The molecule has 2 aliphatic rings. The van der Waals surface area contributed by atoms with Crippen LogP contribution in [-0.4, -0.2) is 47.0 Å². The van der Waals surface area contributed by atoms with Crippen molar-refractivity contribution in [2.75, 3.05) is 26.3 Å². The van der Waals surface area contributed by atoms with Crippen LogP contribution in [0.2, 0.25) is 0 Å². The molecule has 0 N–H and O–H groups in total. The maximum absolute atomic E-state index is 5.54. The Labute approximate surface area is 114 Å². The predicted molar refractivity (Wildman–Crippen MR) is 73.6 cm³/mol. The Morgan fingerprint density at radius 1 is 1.42 bits per heavy atom. The number of hydrogen-bond donors (Lipinski definition) is 0. The summed E-state index contributed by atoms with van der Waals surface area (Å²) in [7, 11) is 1.92. The second-order valence-corrected chi connectivity index (χ2v) is 5.48. The lowest BCUT2D eigenvalue weighted by Crippen LogP contribution is -2.38. The van der Waals surface area contributed by atoms with Crippen molar-refractivity contribution in [3.63, 3.8) is 0 Å². The Hall–Kier alpha value is -1.31. The quantitative estimate of drug-likeness (QED) is 0.749. The lowest BCUT2D eigenvalue weighted by Gasteiger charge is -2.27. The number of rotatable bonds is 2. The van der Waals surface area contributed by atoms with E-state index in [-0.39, 0.29) is 0 Å². The van der Waals surface area contributed by atoms with Gasteiger partial charge in [-0.3, -0.25) is 9.58 Å². The van der Waals surface area contributed by atoms with Gasteiger partial charge < -0.3 is 4.74 Å². The Bertz CT molecular complexity index is 457. The summed E-state index contributed by atoms with van der Waals surface area (Å²) in [5.41, 5.74) is 1.01. The minimum absolute atomic E-state index is 0.352. The monoisotopic (exact) mass is 259 g/mol. The van der Waals surface area contributed by atoms with Crippen molar-refractivity contribution in [3.8, 4) is 11.8 Å². The van der Waals surface area contributed by atoms with Crippen molar-refractivity contribution >= 4 is 0 Å². The van der Waals surface area contributed by atoms with Gasteiger partial charge in [-0.15, -0.1) is 0 Å². The molecule has 2 unspecified atom stereocenters. The molecule has 2 fully saturated rings. The van der Waals surface area contributed by atoms with Gasteiger partial charge in [-0.2, -0.15) is 5.10 Å². The van der Waals surface area contributed by atoms with E-state index in [2.05, 4.69) is 21.8 Å². The van der Waals surface area contributed by atoms with E-state index in [0.29, 0.717) is 12.0 Å². The summed E-state index contributed by atoms with van der Waals surface area (Å²) in [6.45, 7) is 4.12. The van der Waals surface area contributed by atoms with Gasteiger partial charge in [0.1, 0.15) is 0 Å². The molecule has 4 heteroatoms. The van der Waals surface area contributed by atoms with Crippen LogP contribution in [0.1, 0.15) is 24.8 Å². The summed E-state index contributed by atoms with van der Waals surface area (Å²) in [4.78, 5) is 2.53. The van der Waals surface area contributed by atoms with Gasteiger partial charge in [0.05, 0.1) is 24.4 Å². The van der Waals surface area contributed by atoms with E-state index in [1.807, 2.05) is 19.4 Å². The van der Waals surface area contributed by atoms with Gasteiger partial charge in [-0.1, -0.05) is 11.8 Å². The Balaban J connectivity index is 1.76. The second kappa shape index (κ2) is 5.77. The van der Waals surface area contributed by atoms with E-state index >= 15 is 0 Å². The van der Waals surface area contributed by atoms with Crippen LogP contribution in [0.5, 0.6) is 0 Å². The predicted octanol–water partition coefficient (Wildman–Crippen LogP) is 1.27. The van der Waals surface area contributed by atoms with Crippen molar-refractivity contribution in [2.24, 2.45) is 13.0 Å². The minimum Gasteiger partial charge on any atom is -0.381 e. The summed E-state index contributed by atoms with van der Waals surface area (Å²) in [5, 5.41) is 4.17. The fourth-order valence-corrected chi connectivity index (χ4v) is 2.97. The highest BCUT2D eigenvalue weighted by Crippen LogP contribution is 2.24. The third kappa shape index (κ3) is 2.99. The molecule has 0 amide bonds. The van der Waals surface area contributed by atoms with Crippen LogP contribution in [0.25, 0.3) is 0 Å². The molecule has 19 heavy (non-hydrogen) atoms. The summed E-state index contributed by atoms with van der Waals surface area (Å²) in [6, 6.07) is 0.352. The molecule has 2 aliphatic heterocycles. The number of nitrogens with zero attached hydrogens (tertiary/aromatic N) is 3. The van der Waals surface area contributed by atoms with Gasteiger partial charge >= 0.3 is 0 Å². The second-order valence-electron chi connectivity index (χ2n) is 5.48. The van der Waals surface area contributed by atoms with Gasteiger partial charge in [0, 0.05) is 25.8 Å². The highest BCUT2D eigenvalue weighted by Gasteiger charge is 2.30. The number of aromatic nitrogens is 2. The number of hydrogen-bond acceptors (Lipinski definition) is 3. The molecule has 0 aliphatic carbocycles. The van der Waals surface area contributed by atoms with Crippen molar-refractivity contribution in [2.45, 2.75) is 25.3 Å². The van der Waals surface area contributed by atoms with Gasteiger partial charge in [-0.25, -0.2) is 0 Å². The molecule has 2 saturated heterocycles. The average Bonchev–Trinajstić information content (AvgIpc) is 3.11. The lowest BCUT2D eigenvalue weighted by atomic mass is 9.98. The molecular weight excluding hydrogens is 238 g/mol. The Morgan fingerprint density at radius 3 is 2.89 bits per heavy atom. The van der Waals surface area contributed by atoms with E-state index < -0.39 is 0 Å². The molecule has 0 spiro atoms. The molecular formula is C15H21N3O. The number of likely N-dealkylation sites (tertiary alicyclic amines) is 1. The van der Waals surface area contributed by atoms with E-state index in [4.69, 9.17) is 4.74 Å². The fourth-order valence-electron chi connectivity index (χ4n) is 2.97. The zero-order chi connectivity index (χ0) is 13.1. The third-order valence-corrected chi connectivity index (χ3v) is 4.01. The topological polar surface area (TPSA) is 30.3 Å². The van der Waals surface area contributed by atoms with Gasteiger partial charge in [0.25, 0.3) is 0 Å². The molecule has 3 rings (SSSR count). The minimum atomic E-state index is 0.352. The summed E-state index contributed by atoms with van der Waals surface area (Å²) in [6.07, 6.45) is 7.55. The first-order valence-electron chi connectivity index (χ1n) is 7.15. The largest absolute Gasteiger partial charge is 0.381 e. The van der Waals surface area contributed by atoms with Gasteiger partial charge in [-0.05, 0) is 32.4 Å². The fraction of sp³-hybridized carbons (Fsp3) is 0.667. The summed E-state index contributed by atoms with van der Waals surface area (Å²) < 4.78 is 7.34. The standard InChI is InChI=1S/C15H21N3O/c1-17-11-13(10-16-17)4-5-15(14-6-9-19-12-14)18-7-2-3-8-18/h10-11,14-15H,2-3,6-9,12H2,1H3. The van der Waals surface area contributed by atoms with E-state index in [1.165, 1.54) is 25.9 Å². The third-order valence-electron chi connectivity index (χ3n) is 4.01. The van der Waals surface area contributed by atoms with E-state index in [1.54, 1.807) is 4.68 Å². The zero-order valence-electron chi connectivity index (χ0n) is 11.5. The lowest BCUT2D eigenvalue weighted by molar-refractivity contribution is 0.158. The van der Waals surface area contributed by atoms with Crippen molar-refractivity contribution in [1.82, 2.24) is 14.7 Å². The van der Waals surface area contributed by atoms with Crippen LogP contribution < -0.4 is 0 Å². The maximum atomic E-state index is 5.54. The van der Waals surface area contributed by atoms with Gasteiger partial charge in [0.2, 0.25) is 0 Å². The Morgan fingerprint density at radius 2 is 2.26 bits per heavy atom. The van der Waals surface area contributed by atoms with Crippen LogP contribution in [-0.2, 0) is 11.8 Å². The Kier molecular flexibility index (Phi) is 3.86. The summed E-state index contributed by atoms with van der Waals surface area (Å²) >= 11 is 0. The first-order valence-corrected chi connectivity index (χ1v) is 7.15. The molecule has 4 nitrogen and oxygen atoms in total. The van der Waals surface area contributed by atoms with E-state index in [9.17, 15) is 0 Å². The molecule has 3 heterocycles. The van der Waals surface area contributed by atoms with Crippen LogP contribution in [0.3, 0.4) is 0 Å². The highest BCUT2D eigenvalue weighted by atomic mass is 16.5. The molecule has 0 saturated carbocycles. The first kappa shape index (κ1) is 12.7. The van der Waals surface area contributed by atoms with Gasteiger partial charge in [0.15, 0.2) is 0 Å². The van der Waals surface area contributed by atoms with Crippen LogP contribution in [0, 0.1) is 17.8 Å². The number of aryl methyl sites for hydroxylation is 1. The maximum Gasteiger partial charge on any atom is 0.0769 e.